The maximum absolute atomic E-state index is 12.1. The van der Waals surface area contributed by atoms with Crippen molar-refractivity contribution in [1.29, 1.82) is 0 Å². The van der Waals surface area contributed by atoms with E-state index in [-0.39, 0.29) is 11.9 Å². The molecule has 112 valence electrons. The lowest BCUT2D eigenvalue weighted by Gasteiger charge is -2.19. The first-order chi connectivity index (χ1) is 10.2. The summed E-state index contributed by atoms with van der Waals surface area (Å²) in [5.41, 5.74) is 7.92. The summed E-state index contributed by atoms with van der Waals surface area (Å²) in [6.07, 6.45) is 0.935. The van der Waals surface area contributed by atoms with Crippen LogP contribution in [0, 0.1) is 0 Å². The van der Waals surface area contributed by atoms with Crippen LogP contribution in [0.15, 0.2) is 35.7 Å². The van der Waals surface area contributed by atoms with E-state index < -0.39 is 0 Å². The quantitative estimate of drug-likeness (QED) is 0.714. The lowest BCUT2D eigenvalue weighted by Crippen LogP contribution is -2.24. The molecule has 1 atom stereocenters. The first-order valence-electron chi connectivity index (χ1n) is 7.13. The van der Waals surface area contributed by atoms with E-state index in [0.29, 0.717) is 17.8 Å². The first kappa shape index (κ1) is 15.4. The number of carbonyl (C=O) groups is 1. The fraction of sp³-hybridized carbons (Fsp3) is 0.312. The van der Waals surface area contributed by atoms with Crippen molar-refractivity contribution in [3.63, 3.8) is 0 Å². The number of hydrogen-bond donors (Lipinski definition) is 3. The molecule has 4 nitrogen and oxygen atoms in total. The maximum Gasteiger partial charge on any atom is 0.253 e. The largest absolute Gasteiger partial charge is 0.399 e. The number of carbonyl (C=O) groups excluding carboxylic acids is 1. The van der Waals surface area contributed by atoms with Crippen molar-refractivity contribution in [3.8, 4) is 0 Å². The molecule has 1 heterocycles. The van der Waals surface area contributed by atoms with Crippen LogP contribution >= 0.6 is 11.3 Å². The molecule has 0 aliphatic heterocycles. The predicted molar refractivity (Wildman–Crippen MR) is 89.8 cm³/mol. The number of nitrogens with two attached hydrogens (primary N) is 1. The molecule has 1 amide bonds. The number of thiophene rings is 1. The van der Waals surface area contributed by atoms with Crippen molar-refractivity contribution >= 4 is 28.6 Å². The van der Waals surface area contributed by atoms with Gasteiger partial charge in [0.05, 0.1) is 11.6 Å². The minimum absolute atomic E-state index is 0.0824. The van der Waals surface area contributed by atoms with Crippen molar-refractivity contribution in [2.45, 2.75) is 26.3 Å². The Morgan fingerprint density at radius 3 is 2.76 bits per heavy atom. The smallest absolute Gasteiger partial charge is 0.253 e. The van der Waals surface area contributed by atoms with Gasteiger partial charge in [0, 0.05) is 22.8 Å². The monoisotopic (exact) mass is 303 g/mol. The molecule has 0 radical (unpaired) electrons. The van der Waals surface area contributed by atoms with Crippen LogP contribution in [0.5, 0.6) is 0 Å². The Balaban J connectivity index is 2.29. The average molecular weight is 303 g/mol. The standard InChI is InChI=1S/C16H21N3OS/c1-3-13(15-6-5-9-21-15)19-14-10-11(17)7-8-12(14)16(20)18-4-2/h5-10,13,19H,3-4,17H2,1-2H3,(H,18,20). The van der Waals surface area contributed by atoms with Gasteiger partial charge in [-0.25, -0.2) is 0 Å². The molecule has 2 rings (SSSR count). The molecule has 1 aromatic carbocycles. The highest BCUT2D eigenvalue weighted by Crippen LogP contribution is 2.29. The van der Waals surface area contributed by atoms with E-state index in [0.717, 1.165) is 12.1 Å². The van der Waals surface area contributed by atoms with Gasteiger partial charge in [0.15, 0.2) is 0 Å². The van der Waals surface area contributed by atoms with Gasteiger partial charge in [-0.3, -0.25) is 4.79 Å². The molecule has 0 bridgehead atoms. The van der Waals surface area contributed by atoms with E-state index >= 15 is 0 Å². The topological polar surface area (TPSA) is 67.2 Å². The summed E-state index contributed by atoms with van der Waals surface area (Å²) < 4.78 is 0. The van der Waals surface area contributed by atoms with Gasteiger partial charge in [-0.05, 0) is 43.0 Å². The van der Waals surface area contributed by atoms with Crippen molar-refractivity contribution in [3.05, 3.63) is 46.2 Å². The summed E-state index contributed by atoms with van der Waals surface area (Å²) in [7, 11) is 0. The third-order valence-corrected chi connectivity index (χ3v) is 4.24. The summed E-state index contributed by atoms with van der Waals surface area (Å²) in [5, 5.41) is 8.34. The molecule has 1 unspecified atom stereocenters. The second-order valence-electron chi connectivity index (χ2n) is 4.79. The van der Waals surface area contributed by atoms with Gasteiger partial charge in [-0.15, -0.1) is 11.3 Å². The zero-order valence-corrected chi connectivity index (χ0v) is 13.2. The SMILES string of the molecule is CCNC(=O)c1ccc(N)cc1NC(CC)c1cccs1. The lowest BCUT2D eigenvalue weighted by atomic mass is 10.1. The highest BCUT2D eigenvalue weighted by molar-refractivity contribution is 7.10. The van der Waals surface area contributed by atoms with Gasteiger partial charge in [0.2, 0.25) is 0 Å². The molecule has 4 N–H and O–H groups in total. The maximum atomic E-state index is 12.1. The number of benzene rings is 1. The van der Waals surface area contributed by atoms with Crippen LogP contribution in [-0.2, 0) is 0 Å². The van der Waals surface area contributed by atoms with Gasteiger partial charge >= 0.3 is 0 Å². The molecule has 0 saturated carbocycles. The minimum Gasteiger partial charge on any atom is -0.399 e. The van der Waals surface area contributed by atoms with Gasteiger partial charge in [-0.1, -0.05) is 13.0 Å². The summed E-state index contributed by atoms with van der Waals surface area (Å²) in [6, 6.07) is 9.66. The molecule has 0 aliphatic rings. The van der Waals surface area contributed by atoms with E-state index in [4.69, 9.17) is 5.73 Å². The molecule has 5 heteroatoms. The highest BCUT2D eigenvalue weighted by Gasteiger charge is 2.16. The van der Waals surface area contributed by atoms with Gasteiger partial charge in [-0.2, -0.15) is 0 Å². The fourth-order valence-electron chi connectivity index (χ4n) is 2.19. The summed E-state index contributed by atoms with van der Waals surface area (Å²) in [5.74, 6) is -0.0824. The molecule has 21 heavy (non-hydrogen) atoms. The number of hydrogen-bond acceptors (Lipinski definition) is 4. The molecule has 1 aromatic heterocycles. The van der Waals surface area contributed by atoms with E-state index in [1.54, 1.807) is 23.5 Å². The summed E-state index contributed by atoms with van der Waals surface area (Å²) in [6.45, 7) is 4.63. The zero-order valence-electron chi connectivity index (χ0n) is 12.3. The Morgan fingerprint density at radius 2 is 2.14 bits per heavy atom. The molecule has 0 aliphatic carbocycles. The Kier molecular flexibility index (Phi) is 5.22. The van der Waals surface area contributed by atoms with Crippen LogP contribution in [0.2, 0.25) is 0 Å². The molecular formula is C16H21N3OS. The number of anilines is 2. The molecular weight excluding hydrogens is 282 g/mol. The average Bonchev–Trinajstić information content (AvgIpc) is 2.99. The van der Waals surface area contributed by atoms with Gasteiger partial charge < -0.3 is 16.4 Å². The molecule has 0 saturated heterocycles. The van der Waals surface area contributed by atoms with Gasteiger partial charge in [0.1, 0.15) is 0 Å². The van der Waals surface area contributed by atoms with Crippen molar-refractivity contribution < 1.29 is 4.79 Å². The van der Waals surface area contributed by atoms with Crippen LogP contribution < -0.4 is 16.4 Å². The summed E-state index contributed by atoms with van der Waals surface area (Å²) in [4.78, 5) is 13.4. The van der Waals surface area contributed by atoms with Gasteiger partial charge in [0.25, 0.3) is 5.91 Å². The Labute approximate surface area is 129 Å². The number of rotatable bonds is 6. The number of nitrogen functional groups attached to an aromatic ring is 1. The second-order valence-corrected chi connectivity index (χ2v) is 5.76. The summed E-state index contributed by atoms with van der Waals surface area (Å²) >= 11 is 1.71. The molecule has 2 aromatic rings. The van der Waals surface area contributed by atoms with Crippen LogP contribution in [0.25, 0.3) is 0 Å². The Bertz CT molecular complexity index is 596. The van der Waals surface area contributed by atoms with Crippen molar-refractivity contribution in [2.24, 2.45) is 0 Å². The molecule has 0 spiro atoms. The van der Waals surface area contributed by atoms with Crippen LogP contribution in [0.4, 0.5) is 11.4 Å². The normalized spacial score (nSPS) is 11.9. The number of nitrogens with one attached hydrogen (secondary N) is 2. The van der Waals surface area contributed by atoms with Crippen molar-refractivity contribution in [2.75, 3.05) is 17.6 Å². The second kappa shape index (κ2) is 7.13. The lowest BCUT2D eigenvalue weighted by molar-refractivity contribution is 0.0956. The van der Waals surface area contributed by atoms with Crippen LogP contribution in [0.3, 0.4) is 0 Å². The van der Waals surface area contributed by atoms with Crippen LogP contribution in [0.1, 0.15) is 41.5 Å². The molecule has 0 fully saturated rings. The third-order valence-electron chi connectivity index (χ3n) is 3.25. The number of amides is 1. The zero-order chi connectivity index (χ0) is 15.2. The Hall–Kier alpha value is -2.01. The Morgan fingerprint density at radius 1 is 1.33 bits per heavy atom. The first-order valence-corrected chi connectivity index (χ1v) is 8.01. The minimum atomic E-state index is -0.0824. The predicted octanol–water partition coefficient (Wildman–Crippen LogP) is 3.64. The van der Waals surface area contributed by atoms with E-state index in [1.807, 2.05) is 19.1 Å². The van der Waals surface area contributed by atoms with Crippen LogP contribution in [-0.4, -0.2) is 12.5 Å². The fourth-order valence-corrected chi connectivity index (χ4v) is 3.05. The van der Waals surface area contributed by atoms with E-state index in [1.165, 1.54) is 4.88 Å². The third kappa shape index (κ3) is 3.76. The van der Waals surface area contributed by atoms with Crippen molar-refractivity contribution in [1.82, 2.24) is 5.32 Å². The highest BCUT2D eigenvalue weighted by atomic mass is 32.1. The van der Waals surface area contributed by atoms with E-state index in [2.05, 4.69) is 29.0 Å². The van der Waals surface area contributed by atoms with E-state index in [9.17, 15) is 4.79 Å².